The second kappa shape index (κ2) is 7.99. The number of carbonyl (C=O) groups is 1. The van der Waals surface area contributed by atoms with Gasteiger partial charge in [0, 0.05) is 23.4 Å². The van der Waals surface area contributed by atoms with E-state index in [0.29, 0.717) is 18.0 Å². The fraction of sp³-hybridized carbons (Fsp3) is 0.188. The standard InChI is InChI=1S/C16H14Cl2N2O4/c1-2-7-24-15-13(17)8-10(9-14(15)18)16(21)19-11-3-5-12(6-4-11)20(22)23/h3-6,8-9H,2,7H2,1H3,(H,19,21). The molecule has 0 unspecified atom stereocenters. The highest BCUT2D eigenvalue weighted by atomic mass is 35.5. The molecule has 0 aliphatic carbocycles. The molecule has 2 aromatic rings. The zero-order valence-electron chi connectivity index (χ0n) is 12.7. The topological polar surface area (TPSA) is 81.5 Å². The van der Waals surface area contributed by atoms with E-state index in [1.807, 2.05) is 6.92 Å². The molecule has 6 nitrogen and oxygen atoms in total. The lowest BCUT2D eigenvalue weighted by Crippen LogP contribution is -2.12. The van der Waals surface area contributed by atoms with Crippen LogP contribution in [0.3, 0.4) is 0 Å². The van der Waals surface area contributed by atoms with Gasteiger partial charge in [0.1, 0.15) is 0 Å². The Morgan fingerprint density at radius 3 is 2.29 bits per heavy atom. The van der Waals surface area contributed by atoms with Crippen molar-refractivity contribution in [3.05, 3.63) is 62.1 Å². The molecule has 2 rings (SSSR count). The lowest BCUT2D eigenvalue weighted by Gasteiger charge is -2.11. The van der Waals surface area contributed by atoms with Crippen molar-refractivity contribution in [3.8, 4) is 5.75 Å². The predicted octanol–water partition coefficient (Wildman–Crippen LogP) is 4.94. The molecule has 0 bridgehead atoms. The Kier molecular flexibility index (Phi) is 6.00. The fourth-order valence-electron chi connectivity index (χ4n) is 1.90. The first-order chi connectivity index (χ1) is 11.4. The molecule has 0 radical (unpaired) electrons. The van der Waals surface area contributed by atoms with Crippen LogP contribution in [-0.2, 0) is 0 Å². The summed E-state index contributed by atoms with van der Waals surface area (Å²) in [6.07, 6.45) is 0.801. The van der Waals surface area contributed by atoms with E-state index in [1.54, 1.807) is 0 Å². The van der Waals surface area contributed by atoms with Gasteiger partial charge in [-0.15, -0.1) is 0 Å². The number of halogens is 2. The Morgan fingerprint density at radius 2 is 1.79 bits per heavy atom. The summed E-state index contributed by atoms with van der Waals surface area (Å²) in [6, 6.07) is 8.41. The van der Waals surface area contributed by atoms with E-state index in [-0.39, 0.29) is 21.3 Å². The second-order valence-electron chi connectivity index (χ2n) is 4.88. The third-order valence-electron chi connectivity index (χ3n) is 3.05. The van der Waals surface area contributed by atoms with Crippen molar-refractivity contribution in [2.24, 2.45) is 0 Å². The van der Waals surface area contributed by atoms with Crippen LogP contribution in [-0.4, -0.2) is 17.4 Å². The van der Waals surface area contributed by atoms with Crippen LogP contribution in [0.15, 0.2) is 36.4 Å². The van der Waals surface area contributed by atoms with Gasteiger partial charge >= 0.3 is 0 Å². The molecule has 0 saturated heterocycles. The Labute approximate surface area is 148 Å². The van der Waals surface area contributed by atoms with Gasteiger partial charge in [-0.25, -0.2) is 0 Å². The number of amides is 1. The van der Waals surface area contributed by atoms with Gasteiger partial charge in [-0.05, 0) is 30.7 Å². The summed E-state index contributed by atoms with van der Waals surface area (Å²) in [7, 11) is 0. The number of non-ortho nitro benzene ring substituents is 1. The first kappa shape index (κ1) is 18.0. The van der Waals surface area contributed by atoms with Crippen LogP contribution in [0, 0.1) is 10.1 Å². The van der Waals surface area contributed by atoms with Gasteiger partial charge < -0.3 is 10.1 Å². The molecular formula is C16H14Cl2N2O4. The summed E-state index contributed by atoms with van der Waals surface area (Å²) >= 11 is 12.2. The van der Waals surface area contributed by atoms with Gasteiger partial charge in [-0.2, -0.15) is 0 Å². The van der Waals surface area contributed by atoms with Crippen LogP contribution >= 0.6 is 23.2 Å². The molecule has 24 heavy (non-hydrogen) atoms. The number of nitro benzene ring substituents is 1. The highest BCUT2D eigenvalue weighted by Gasteiger charge is 2.15. The van der Waals surface area contributed by atoms with E-state index in [0.717, 1.165) is 6.42 Å². The Bertz CT molecular complexity index is 740. The number of anilines is 1. The van der Waals surface area contributed by atoms with Crippen LogP contribution < -0.4 is 10.1 Å². The summed E-state index contributed by atoms with van der Waals surface area (Å²) < 4.78 is 5.45. The summed E-state index contributed by atoms with van der Waals surface area (Å²) in [5.74, 6) is -0.0956. The van der Waals surface area contributed by atoms with Gasteiger partial charge in [-0.3, -0.25) is 14.9 Å². The summed E-state index contributed by atoms with van der Waals surface area (Å²) in [5, 5.41) is 13.7. The molecular weight excluding hydrogens is 355 g/mol. The van der Waals surface area contributed by atoms with Crippen molar-refractivity contribution >= 4 is 40.5 Å². The van der Waals surface area contributed by atoms with E-state index >= 15 is 0 Å². The molecule has 0 aliphatic heterocycles. The summed E-state index contributed by atoms with van der Waals surface area (Å²) in [4.78, 5) is 22.4. The van der Waals surface area contributed by atoms with Crippen molar-refractivity contribution in [1.82, 2.24) is 0 Å². The molecule has 2 aromatic carbocycles. The largest absolute Gasteiger partial charge is 0.490 e. The lowest BCUT2D eigenvalue weighted by atomic mass is 10.2. The van der Waals surface area contributed by atoms with Crippen LogP contribution in [0.2, 0.25) is 10.0 Å². The second-order valence-corrected chi connectivity index (χ2v) is 5.69. The SMILES string of the molecule is CCCOc1c(Cl)cc(C(=O)Nc2ccc([N+](=O)[O-])cc2)cc1Cl. The van der Waals surface area contributed by atoms with Crippen molar-refractivity contribution < 1.29 is 14.5 Å². The van der Waals surface area contributed by atoms with Crippen LogP contribution in [0.1, 0.15) is 23.7 Å². The van der Waals surface area contributed by atoms with Gasteiger partial charge in [0.05, 0.1) is 21.6 Å². The molecule has 1 amide bonds. The number of nitro groups is 1. The maximum absolute atomic E-state index is 12.3. The predicted molar refractivity (Wildman–Crippen MR) is 93.3 cm³/mol. The van der Waals surface area contributed by atoms with Crippen LogP contribution in [0.5, 0.6) is 5.75 Å². The third-order valence-corrected chi connectivity index (χ3v) is 3.61. The molecule has 1 N–H and O–H groups in total. The molecule has 0 aromatic heterocycles. The lowest BCUT2D eigenvalue weighted by molar-refractivity contribution is -0.384. The average Bonchev–Trinajstić information content (AvgIpc) is 2.54. The monoisotopic (exact) mass is 368 g/mol. The number of hydrogen-bond acceptors (Lipinski definition) is 4. The molecule has 0 atom stereocenters. The molecule has 0 fully saturated rings. The van der Waals surface area contributed by atoms with Crippen molar-refractivity contribution in [2.75, 3.05) is 11.9 Å². The van der Waals surface area contributed by atoms with Gasteiger partial charge in [0.15, 0.2) is 5.75 Å². The molecule has 0 heterocycles. The highest BCUT2D eigenvalue weighted by molar-refractivity contribution is 6.37. The van der Waals surface area contributed by atoms with E-state index in [4.69, 9.17) is 27.9 Å². The first-order valence-electron chi connectivity index (χ1n) is 7.10. The maximum atomic E-state index is 12.3. The molecule has 126 valence electrons. The van der Waals surface area contributed by atoms with Crippen molar-refractivity contribution in [1.29, 1.82) is 0 Å². The minimum absolute atomic E-state index is 0.0588. The van der Waals surface area contributed by atoms with Gasteiger partial charge in [0.2, 0.25) is 0 Å². The number of rotatable bonds is 6. The number of benzene rings is 2. The molecule has 8 heteroatoms. The van der Waals surface area contributed by atoms with Gasteiger partial charge in [-0.1, -0.05) is 30.1 Å². The minimum atomic E-state index is -0.514. The van der Waals surface area contributed by atoms with E-state index in [2.05, 4.69) is 5.32 Å². The Hall–Kier alpha value is -2.31. The normalized spacial score (nSPS) is 10.3. The number of hydrogen-bond donors (Lipinski definition) is 1. The third kappa shape index (κ3) is 4.37. The number of ether oxygens (including phenoxy) is 1. The highest BCUT2D eigenvalue weighted by Crippen LogP contribution is 2.34. The average molecular weight is 369 g/mol. The summed E-state index contributed by atoms with van der Waals surface area (Å²) in [5.41, 5.74) is 0.618. The van der Waals surface area contributed by atoms with Crippen molar-refractivity contribution in [2.45, 2.75) is 13.3 Å². The first-order valence-corrected chi connectivity index (χ1v) is 7.85. The van der Waals surface area contributed by atoms with Crippen LogP contribution in [0.4, 0.5) is 11.4 Å². The van der Waals surface area contributed by atoms with Crippen molar-refractivity contribution in [3.63, 3.8) is 0 Å². The number of carbonyl (C=O) groups excluding carboxylic acids is 1. The molecule has 0 spiro atoms. The van der Waals surface area contributed by atoms with Gasteiger partial charge in [0.25, 0.3) is 11.6 Å². The zero-order valence-corrected chi connectivity index (χ0v) is 14.2. The Morgan fingerprint density at radius 1 is 1.21 bits per heavy atom. The van der Waals surface area contributed by atoms with E-state index in [1.165, 1.54) is 36.4 Å². The molecule has 0 aliphatic rings. The van der Waals surface area contributed by atoms with E-state index in [9.17, 15) is 14.9 Å². The Balaban J connectivity index is 2.16. The van der Waals surface area contributed by atoms with Crippen LogP contribution in [0.25, 0.3) is 0 Å². The maximum Gasteiger partial charge on any atom is 0.269 e. The smallest absolute Gasteiger partial charge is 0.269 e. The molecule has 0 saturated carbocycles. The minimum Gasteiger partial charge on any atom is -0.490 e. The summed E-state index contributed by atoms with van der Waals surface area (Å²) in [6.45, 7) is 2.42. The number of nitrogens with one attached hydrogen (secondary N) is 1. The quantitative estimate of drug-likeness (QED) is 0.577. The number of nitrogens with zero attached hydrogens (tertiary/aromatic N) is 1. The fourth-order valence-corrected chi connectivity index (χ4v) is 2.50. The zero-order chi connectivity index (χ0) is 17.7. The van der Waals surface area contributed by atoms with E-state index < -0.39 is 10.8 Å².